The van der Waals surface area contributed by atoms with E-state index in [1.165, 1.54) is 11.1 Å². The van der Waals surface area contributed by atoms with Crippen LogP contribution in [0, 0.1) is 0 Å². The van der Waals surface area contributed by atoms with Gasteiger partial charge < -0.3 is 0 Å². The summed E-state index contributed by atoms with van der Waals surface area (Å²) in [6, 6.07) is 16.9. The molecule has 2 heteroatoms. The van der Waals surface area contributed by atoms with Gasteiger partial charge in [0.2, 0.25) is 0 Å². The van der Waals surface area contributed by atoms with Crippen molar-refractivity contribution in [2.75, 3.05) is 0 Å². The van der Waals surface area contributed by atoms with Crippen LogP contribution in [0.5, 0.6) is 0 Å². The van der Waals surface area contributed by atoms with E-state index in [9.17, 15) is 0 Å². The molecule has 0 amide bonds. The minimum Gasteiger partial charge on any atom is -0.143 e. The highest BCUT2D eigenvalue weighted by Gasteiger charge is 2.12. The summed E-state index contributed by atoms with van der Waals surface area (Å²) in [4.78, 5) is 2.07. The van der Waals surface area contributed by atoms with Crippen LogP contribution in [0.4, 0.5) is 0 Å². The van der Waals surface area contributed by atoms with Crippen molar-refractivity contribution < 1.29 is 0 Å². The third kappa shape index (κ3) is 4.05. The van der Waals surface area contributed by atoms with Crippen molar-refractivity contribution in [3.63, 3.8) is 0 Å². The van der Waals surface area contributed by atoms with Gasteiger partial charge in [-0.05, 0) is 53.6 Å². The van der Waals surface area contributed by atoms with Gasteiger partial charge in [-0.2, -0.15) is 0 Å². The highest BCUT2D eigenvalue weighted by Crippen LogP contribution is 2.30. The Morgan fingerprint density at radius 1 is 0.789 bits per heavy atom. The Morgan fingerprint density at radius 3 is 1.58 bits per heavy atom. The smallest absolute Gasteiger partial charge is 0.00428 e. The van der Waals surface area contributed by atoms with Crippen LogP contribution in [0.25, 0.3) is 0 Å². The van der Waals surface area contributed by atoms with Crippen molar-refractivity contribution in [2.24, 2.45) is 0 Å². The standard InChI is InChI=1S/C17H20S2/c1-12(14-5-3-7-16(18)10-14)9-13(2)15-6-4-8-17(19)11-15/h3-8,10-13,18-19H,9H2,1-2H3. The number of hydrogen-bond acceptors (Lipinski definition) is 2. The zero-order valence-corrected chi connectivity index (χ0v) is 13.2. The zero-order valence-electron chi connectivity index (χ0n) is 11.4. The molecule has 2 aromatic rings. The predicted molar refractivity (Wildman–Crippen MR) is 88.8 cm³/mol. The summed E-state index contributed by atoms with van der Waals surface area (Å²) in [5, 5.41) is 0. The minimum absolute atomic E-state index is 0.533. The van der Waals surface area contributed by atoms with Gasteiger partial charge in [-0.15, -0.1) is 25.3 Å². The van der Waals surface area contributed by atoms with Gasteiger partial charge >= 0.3 is 0 Å². The molecule has 0 bridgehead atoms. The number of hydrogen-bond donors (Lipinski definition) is 2. The normalized spacial score (nSPS) is 14.1. The van der Waals surface area contributed by atoms with E-state index in [1.54, 1.807) is 0 Å². The van der Waals surface area contributed by atoms with E-state index in [-0.39, 0.29) is 0 Å². The summed E-state index contributed by atoms with van der Waals surface area (Å²) in [5.41, 5.74) is 2.72. The molecule has 2 aromatic carbocycles. The zero-order chi connectivity index (χ0) is 13.8. The molecule has 2 rings (SSSR count). The average molecular weight is 288 g/mol. The van der Waals surface area contributed by atoms with Crippen molar-refractivity contribution in [1.29, 1.82) is 0 Å². The quantitative estimate of drug-likeness (QED) is 0.676. The lowest BCUT2D eigenvalue weighted by Gasteiger charge is -2.18. The topological polar surface area (TPSA) is 0 Å². The fourth-order valence-electron chi connectivity index (χ4n) is 2.47. The van der Waals surface area contributed by atoms with Crippen LogP contribution in [0.2, 0.25) is 0 Å². The summed E-state index contributed by atoms with van der Waals surface area (Å²) < 4.78 is 0. The molecule has 0 fully saturated rings. The Bertz CT molecular complexity index is 499. The molecule has 0 aliphatic heterocycles. The lowest BCUT2D eigenvalue weighted by atomic mass is 9.87. The monoisotopic (exact) mass is 288 g/mol. The van der Waals surface area contributed by atoms with Gasteiger partial charge in [0, 0.05) is 9.79 Å². The first-order valence-electron chi connectivity index (χ1n) is 6.64. The van der Waals surface area contributed by atoms with Gasteiger partial charge in [-0.25, -0.2) is 0 Å². The van der Waals surface area contributed by atoms with E-state index in [2.05, 4.69) is 75.5 Å². The van der Waals surface area contributed by atoms with E-state index >= 15 is 0 Å². The van der Waals surface area contributed by atoms with Gasteiger partial charge in [0.1, 0.15) is 0 Å². The number of thiol groups is 2. The maximum atomic E-state index is 4.41. The molecule has 0 aromatic heterocycles. The van der Waals surface area contributed by atoms with E-state index in [0.717, 1.165) is 16.2 Å². The highest BCUT2D eigenvalue weighted by atomic mass is 32.1. The van der Waals surface area contributed by atoms with Crippen LogP contribution in [0.15, 0.2) is 58.3 Å². The summed E-state index contributed by atoms with van der Waals surface area (Å²) in [7, 11) is 0. The van der Waals surface area contributed by atoms with Gasteiger partial charge in [0.15, 0.2) is 0 Å². The fraction of sp³-hybridized carbons (Fsp3) is 0.294. The predicted octanol–water partition coefficient (Wildman–Crippen LogP) is 5.56. The molecule has 0 spiro atoms. The lowest BCUT2D eigenvalue weighted by Crippen LogP contribution is -2.01. The Morgan fingerprint density at radius 2 is 1.21 bits per heavy atom. The Kier molecular flexibility index (Phi) is 5.00. The molecular weight excluding hydrogens is 268 g/mol. The molecular formula is C17H20S2. The van der Waals surface area contributed by atoms with Gasteiger partial charge in [-0.3, -0.25) is 0 Å². The SMILES string of the molecule is CC(CC(C)c1cccc(S)c1)c1cccc(S)c1. The minimum atomic E-state index is 0.533. The molecule has 19 heavy (non-hydrogen) atoms. The van der Waals surface area contributed by atoms with E-state index in [4.69, 9.17) is 0 Å². The molecule has 2 atom stereocenters. The van der Waals surface area contributed by atoms with Gasteiger partial charge in [-0.1, -0.05) is 38.1 Å². The van der Waals surface area contributed by atoms with Crippen LogP contribution in [-0.2, 0) is 0 Å². The second-order valence-electron chi connectivity index (χ2n) is 5.23. The molecule has 0 aliphatic rings. The fourth-order valence-corrected chi connectivity index (χ4v) is 2.94. The number of benzene rings is 2. The molecule has 0 N–H and O–H groups in total. The third-order valence-electron chi connectivity index (χ3n) is 3.59. The number of rotatable bonds is 4. The van der Waals surface area contributed by atoms with Crippen LogP contribution in [0.1, 0.15) is 43.2 Å². The first-order chi connectivity index (χ1) is 9.06. The molecule has 0 aliphatic carbocycles. The van der Waals surface area contributed by atoms with E-state index in [0.29, 0.717) is 11.8 Å². The van der Waals surface area contributed by atoms with Crippen molar-refractivity contribution in [3.8, 4) is 0 Å². The highest BCUT2D eigenvalue weighted by molar-refractivity contribution is 7.80. The largest absolute Gasteiger partial charge is 0.143 e. The Balaban J connectivity index is 2.08. The average Bonchev–Trinajstić information content (AvgIpc) is 2.38. The first kappa shape index (κ1) is 14.5. The van der Waals surface area contributed by atoms with Crippen LogP contribution >= 0.6 is 25.3 Å². The molecule has 0 nitrogen and oxygen atoms in total. The molecule has 0 saturated carbocycles. The molecule has 0 heterocycles. The second-order valence-corrected chi connectivity index (χ2v) is 6.26. The molecule has 0 saturated heterocycles. The van der Waals surface area contributed by atoms with Crippen molar-refractivity contribution in [1.82, 2.24) is 0 Å². The van der Waals surface area contributed by atoms with Crippen LogP contribution < -0.4 is 0 Å². The maximum absolute atomic E-state index is 4.41. The second kappa shape index (κ2) is 6.53. The van der Waals surface area contributed by atoms with Crippen molar-refractivity contribution in [2.45, 2.75) is 41.9 Å². The summed E-state index contributed by atoms with van der Waals surface area (Å²) in [5.74, 6) is 1.07. The molecule has 0 radical (unpaired) electrons. The van der Waals surface area contributed by atoms with E-state index < -0.39 is 0 Å². The Hall–Kier alpha value is -0.860. The van der Waals surface area contributed by atoms with E-state index in [1.807, 2.05) is 12.1 Å². The summed E-state index contributed by atoms with van der Waals surface area (Å²) in [6.07, 6.45) is 1.13. The molecule has 2 unspecified atom stereocenters. The maximum Gasteiger partial charge on any atom is 0.00428 e. The summed E-state index contributed by atoms with van der Waals surface area (Å²) in [6.45, 7) is 4.56. The first-order valence-corrected chi connectivity index (χ1v) is 7.53. The third-order valence-corrected chi connectivity index (χ3v) is 4.14. The Labute approximate surface area is 127 Å². The summed E-state index contributed by atoms with van der Waals surface area (Å²) >= 11 is 8.83. The molecule has 100 valence electrons. The van der Waals surface area contributed by atoms with Crippen LogP contribution in [0.3, 0.4) is 0 Å². The van der Waals surface area contributed by atoms with Crippen molar-refractivity contribution in [3.05, 3.63) is 59.7 Å². The van der Waals surface area contributed by atoms with Crippen molar-refractivity contribution >= 4 is 25.3 Å². The van der Waals surface area contributed by atoms with Gasteiger partial charge in [0.25, 0.3) is 0 Å². The van der Waals surface area contributed by atoms with Gasteiger partial charge in [0.05, 0.1) is 0 Å². The van der Waals surface area contributed by atoms with Crippen LogP contribution in [-0.4, -0.2) is 0 Å². The lowest BCUT2D eigenvalue weighted by molar-refractivity contribution is 0.591.